The van der Waals surface area contributed by atoms with Crippen LogP contribution < -0.4 is 5.73 Å². The van der Waals surface area contributed by atoms with Crippen molar-refractivity contribution in [2.75, 3.05) is 12.3 Å². The van der Waals surface area contributed by atoms with Gasteiger partial charge in [0.05, 0.1) is 17.3 Å². The first kappa shape index (κ1) is 20.1. The number of carbonyl (C=O) groups excluding carboxylic acids is 1. The van der Waals surface area contributed by atoms with Crippen LogP contribution in [0.3, 0.4) is 0 Å². The van der Waals surface area contributed by atoms with Crippen molar-refractivity contribution in [2.24, 2.45) is 0 Å². The molecule has 1 fully saturated rings. The van der Waals surface area contributed by atoms with E-state index in [1.807, 2.05) is 0 Å². The highest BCUT2D eigenvalue weighted by atomic mass is 19.4. The Morgan fingerprint density at radius 3 is 2.46 bits per heavy atom. The molecule has 3 N–H and O–H groups in total. The van der Waals surface area contributed by atoms with Gasteiger partial charge in [-0.2, -0.15) is 13.2 Å². The molecule has 0 unspecified atom stereocenters. The van der Waals surface area contributed by atoms with Gasteiger partial charge in [-0.15, -0.1) is 0 Å². The van der Waals surface area contributed by atoms with Crippen LogP contribution in [0.2, 0.25) is 0 Å². The van der Waals surface area contributed by atoms with Crippen LogP contribution >= 0.6 is 0 Å². The van der Waals surface area contributed by atoms with E-state index in [2.05, 4.69) is 9.97 Å². The van der Waals surface area contributed by atoms with Crippen molar-refractivity contribution in [2.45, 2.75) is 44.5 Å². The van der Waals surface area contributed by atoms with E-state index in [0.29, 0.717) is 36.2 Å². The van der Waals surface area contributed by atoms with Gasteiger partial charge in [-0.25, -0.2) is 9.97 Å². The molecule has 1 aliphatic heterocycles. The van der Waals surface area contributed by atoms with E-state index < -0.39 is 29.3 Å². The summed E-state index contributed by atoms with van der Waals surface area (Å²) >= 11 is 0. The zero-order chi connectivity index (χ0) is 20.7. The smallest absolute Gasteiger partial charge is 0.381 e. The fourth-order valence-electron chi connectivity index (χ4n) is 3.37. The molecule has 9 heteroatoms. The minimum absolute atomic E-state index is 0.00761. The van der Waals surface area contributed by atoms with E-state index in [9.17, 15) is 23.1 Å². The molecule has 0 aliphatic carbocycles. The van der Waals surface area contributed by atoms with Crippen LogP contribution in [0.25, 0.3) is 11.1 Å². The predicted molar refractivity (Wildman–Crippen MR) is 96.9 cm³/mol. The number of rotatable bonds is 3. The second-order valence-corrected chi connectivity index (χ2v) is 7.32. The number of hydrogen-bond donors (Lipinski definition) is 2. The van der Waals surface area contributed by atoms with Crippen molar-refractivity contribution in [3.63, 3.8) is 0 Å². The third-order valence-electron chi connectivity index (χ3n) is 4.71. The molecule has 1 atom stereocenters. The molecule has 0 saturated carbocycles. The Balaban J connectivity index is 2.03. The zero-order valence-electron chi connectivity index (χ0n) is 15.5. The van der Waals surface area contributed by atoms with Crippen LogP contribution in [0, 0.1) is 0 Å². The van der Waals surface area contributed by atoms with E-state index in [1.54, 1.807) is 0 Å². The first-order chi connectivity index (χ1) is 13.0. The molecule has 1 aliphatic rings. The summed E-state index contributed by atoms with van der Waals surface area (Å²) in [7, 11) is 0. The number of nitrogens with zero attached hydrogens (tertiary/aromatic N) is 3. The number of hydrogen-bond acceptors (Lipinski definition) is 5. The molecule has 1 saturated heterocycles. The van der Waals surface area contributed by atoms with E-state index >= 15 is 0 Å². The van der Waals surface area contributed by atoms with Crippen molar-refractivity contribution in [1.29, 1.82) is 0 Å². The number of nitrogens with two attached hydrogens (primary N) is 1. The number of carbonyl (C=O) groups is 1. The van der Waals surface area contributed by atoms with Gasteiger partial charge in [-0.3, -0.25) is 4.79 Å². The second-order valence-electron chi connectivity index (χ2n) is 7.32. The molecule has 0 radical (unpaired) electrons. The number of halogens is 3. The van der Waals surface area contributed by atoms with Gasteiger partial charge >= 0.3 is 6.18 Å². The summed E-state index contributed by atoms with van der Waals surface area (Å²) < 4.78 is 38.5. The van der Waals surface area contributed by atoms with Gasteiger partial charge in [0.2, 0.25) is 5.95 Å². The highest BCUT2D eigenvalue weighted by molar-refractivity contribution is 5.85. The number of alkyl halides is 3. The number of aliphatic hydroxyl groups is 1. The number of amides is 1. The molecule has 1 amide bonds. The Bertz CT molecular complexity index is 876. The van der Waals surface area contributed by atoms with Crippen molar-refractivity contribution >= 4 is 11.9 Å². The summed E-state index contributed by atoms with van der Waals surface area (Å²) in [6.07, 6.45) is -1.67. The number of anilines is 1. The molecule has 3 rings (SSSR count). The van der Waals surface area contributed by atoms with Gasteiger partial charge in [0.25, 0.3) is 5.91 Å². The van der Waals surface area contributed by atoms with Crippen LogP contribution in [-0.4, -0.2) is 38.0 Å². The molecule has 1 aromatic carbocycles. The second kappa shape index (κ2) is 7.05. The lowest BCUT2D eigenvalue weighted by molar-refractivity contribution is -0.149. The average Bonchev–Trinajstić information content (AvgIpc) is 3.09. The van der Waals surface area contributed by atoms with E-state index in [0.717, 1.165) is 12.1 Å². The van der Waals surface area contributed by atoms with Crippen molar-refractivity contribution in [3.8, 4) is 11.1 Å². The normalized spacial score (nSPS) is 17.8. The van der Waals surface area contributed by atoms with Gasteiger partial charge < -0.3 is 15.7 Å². The molecule has 2 aromatic rings. The Morgan fingerprint density at radius 1 is 1.25 bits per heavy atom. The number of nitrogen functional groups attached to an aromatic ring is 1. The molecule has 1 aromatic heterocycles. The number of aromatic nitrogens is 2. The molecular weight excluding hydrogens is 373 g/mol. The fourth-order valence-corrected chi connectivity index (χ4v) is 3.37. The van der Waals surface area contributed by atoms with Crippen molar-refractivity contribution < 1.29 is 23.1 Å². The molecule has 6 nitrogen and oxygen atoms in total. The molecular formula is C19H21F3N4O2. The maximum atomic E-state index is 12.8. The standard InChI is InChI=1S/C19H21F3N4O2/c1-18(2,28)16(27)26-9-3-4-14(26)15-13(10-24-17(23)25-15)11-5-7-12(8-6-11)19(20,21)22/h5-8,10,14,28H,3-4,9H2,1-2H3,(H2,23,24,25)/t14-/m0/s1. The predicted octanol–water partition coefficient (Wildman–Crippen LogP) is 3.18. The Hall–Kier alpha value is -2.68. The zero-order valence-corrected chi connectivity index (χ0v) is 15.5. The van der Waals surface area contributed by atoms with E-state index in [1.165, 1.54) is 37.1 Å². The summed E-state index contributed by atoms with van der Waals surface area (Å²) in [6, 6.07) is 4.23. The third-order valence-corrected chi connectivity index (χ3v) is 4.71. The van der Waals surface area contributed by atoms with Crippen LogP contribution in [0.1, 0.15) is 44.0 Å². The van der Waals surface area contributed by atoms with Crippen molar-refractivity contribution in [3.05, 3.63) is 41.7 Å². The minimum atomic E-state index is -4.43. The SMILES string of the molecule is CC(C)(O)C(=O)N1CCC[C@H]1c1nc(N)ncc1-c1ccc(C(F)(F)F)cc1. The van der Waals surface area contributed by atoms with Gasteiger partial charge in [-0.05, 0) is 44.4 Å². The third kappa shape index (κ3) is 3.94. The van der Waals surface area contributed by atoms with Crippen LogP contribution in [-0.2, 0) is 11.0 Å². The van der Waals surface area contributed by atoms with Gasteiger partial charge in [0.1, 0.15) is 5.60 Å². The topological polar surface area (TPSA) is 92.3 Å². The monoisotopic (exact) mass is 394 g/mol. The maximum absolute atomic E-state index is 12.8. The average molecular weight is 394 g/mol. The highest BCUT2D eigenvalue weighted by Gasteiger charge is 2.39. The van der Waals surface area contributed by atoms with Crippen LogP contribution in [0.5, 0.6) is 0 Å². The quantitative estimate of drug-likeness (QED) is 0.834. The van der Waals surface area contributed by atoms with Crippen LogP contribution in [0.4, 0.5) is 19.1 Å². The lowest BCUT2D eigenvalue weighted by Gasteiger charge is -2.30. The van der Waals surface area contributed by atoms with Gasteiger partial charge in [0.15, 0.2) is 0 Å². The lowest BCUT2D eigenvalue weighted by atomic mass is 9.98. The molecule has 2 heterocycles. The number of likely N-dealkylation sites (tertiary alicyclic amines) is 1. The summed E-state index contributed by atoms with van der Waals surface area (Å²) in [5.41, 5.74) is 4.89. The van der Waals surface area contributed by atoms with Crippen molar-refractivity contribution in [1.82, 2.24) is 14.9 Å². The maximum Gasteiger partial charge on any atom is 0.416 e. The summed E-state index contributed by atoms with van der Waals surface area (Å²) in [5, 5.41) is 10.1. The molecule has 0 bridgehead atoms. The summed E-state index contributed by atoms with van der Waals surface area (Å²) in [6.45, 7) is 3.27. The first-order valence-electron chi connectivity index (χ1n) is 8.82. The van der Waals surface area contributed by atoms with Gasteiger partial charge in [0, 0.05) is 18.3 Å². The van der Waals surface area contributed by atoms with E-state index in [4.69, 9.17) is 5.73 Å². The largest absolute Gasteiger partial charge is 0.416 e. The Labute approximate surface area is 160 Å². The summed E-state index contributed by atoms with van der Waals surface area (Å²) in [5.74, 6) is -0.432. The van der Waals surface area contributed by atoms with Crippen LogP contribution in [0.15, 0.2) is 30.5 Å². The highest BCUT2D eigenvalue weighted by Crippen LogP contribution is 2.38. The first-order valence-corrected chi connectivity index (χ1v) is 8.82. The lowest BCUT2D eigenvalue weighted by Crippen LogP contribution is -2.45. The molecule has 0 spiro atoms. The van der Waals surface area contributed by atoms with E-state index in [-0.39, 0.29) is 5.95 Å². The van der Waals surface area contributed by atoms with Gasteiger partial charge in [-0.1, -0.05) is 12.1 Å². The minimum Gasteiger partial charge on any atom is -0.381 e. The fraction of sp³-hybridized carbons (Fsp3) is 0.421. The molecule has 150 valence electrons. The molecule has 28 heavy (non-hydrogen) atoms. The Kier molecular flexibility index (Phi) is 5.05. The Morgan fingerprint density at radius 2 is 1.89 bits per heavy atom. The summed E-state index contributed by atoms with van der Waals surface area (Å²) in [4.78, 5) is 22.4. The number of benzene rings is 1.